The summed E-state index contributed by atoms with van der Waals surface area (Å²) in [6.07, 6.45) is -0.0637. The summed E-state index contributed by atoms with van der Waals surface area (Å²) in [6.45, 7) is 4.22. The van der Waals surface area contributed by atoms with Gasteiger partial charge >= 0.3 is 0 Å². The maximum absolute atomic E-state index is 12.4. The van der Waals surface area contributed by atoms with Gasteiger partial charge in [0.05, 0.1) is 17.7 Å². The van der Waals surface area contributed by atoms with Gasteiger partial charge in [-0.3, -0.25) is 9.59 Å². The van der Waals surface area contributed by atoms with Gasteiger partial charge in [-0.1, -0.05) is 12.1 Å². The molecule has 8 heteroatoms. The van der Waals surface area contributed by atoms with Crippen molar-refractivity contribution < 1.29 is 22.7 Å². The predicted molar refractivity (Wildman–Crippen MR) is 81.0 cm³/mol. The number of ether oxygens (including phenoxy) is 1. The van der Waals surface area contributed by atoms with Crippen LogP contribution < -0.4 is 0 Å². The van der Waals surface area contributed by atoms with Crippen molar-refractivity contribution in [3.8, 4) is 0 Å². The van der Waals surface area contributed by atoms with Gasteiger partial charge in [0.1, 0.15) is 11.6 Å². The number of amides is 2. The maximum Gasteiger partial charge on any atom is 0.269 e. The minimum Gasteiger partial charge on any atom is -0.359 e. The Kier molecular flexibility index (Phi) is 3.68. The third kappa shape index (κ3) is 2.51. The Bertz CT molecular complexity index is 772. The second kappa shape index (κ2) is 5.31. The lowest BCUT2D eigenvalue weighted by Crippen LogP contribution is -2.45. The molecule has 1 fully saturated rings. The van der Waals surface area contributed by atoms with Crippen LogP contribution in [0, 0.1) is 0 Å². The van der Waals surface area contributed by atoms with Crippen LogP contribution in [0.5, 0.6) is 0 Å². The fraction of sp³-hybridized carbons (Fsp3) is 0.467. The summed E-state index contributed by atoms with van der Waals surface area (Å²) < 4.78 is 30.9. The molecule has 2 aliphatic rings. The van der Waals surface area contributed by atoms with Crippen LogP contribution >= 0.6 is 0 Å². The van der Waals surface area contributed by atoms with Gasteiger partial charge in [0.25, 0.3) is 15.9 Å². The molecule has 0 aromatic heterocycles. The second-order valence-electron chi connectivity index (χ2n) is 6.24. The van der Waals surface area contributed by atoms with Crippen molar-refractivity contribution in [1.82, 2.24) is 9.21 Å². The Labute approximate surface area is 134 Å². The molecule has 0 aliphatic carbocycles. The van der Waals surface area contributed by atoms with E-state index in [1.807, 2.05) is 13.8 Å². The molecule has 0 bridgehead atoms. The molecule has 1 aromatic rings. The first kappa shape index (κ1) is 15.9. The average molecular weight is 338 g/mol. The van der Waals surface area contributed by atoms with E-state index in [0.29, 0.717) is 6.61 Å². The van der Waals surface area contributed by atoms with Crippen LogP contribution in [0.3, 0.4) is 0 Å². The van der Waals surface area contributed by atoms with E-state index < -0.39 is 21.5 Å². The molecule has 2 aliphatic heterocycles. The molecule has 0 atom stereocenters. The minimum atomic E-state index is -3.86. The molecule has 0 radical (unpaired) electrons. The Balaban J connectivity index is 1.75. The monoisotopic (exact) mass is 338 g/mol. The van der Waals surface area contributed by atoms with E-state index in [-0.39, 0.29) is 36.1 Å². The van der Waals surface area contributed by atoms with Crippen LogP contribution in [0.2, 0.25) is 0 Å². The molecule has 0 saturated carbocycles. The van der Waals surface area contributed by atoms with Crippen LogP contribution in [0.1, 0.15) is 30.6 Å². The van der Waals surface area contributed by atoms with Crippen molar-refractivity contribution in [2.45, 2.75) is 30.7 Å². The molecule has 124 valence electrons. The Hall–Kier alpha value is -1.93. The van der Waals surface area contributed by atoms with E-state index in [1.165, 1.54) is 12.1 Å². The van der Waals surface area contributed by atoms with Crippen LogP contribution in [0.25, 0.3) is 0 Å². The van der Waals surface area contributed by atoms with E-state index in [4.69, 9.17) is 4.74 Å². The molecular formula is C15H18N2O5S. The Morgan fingerprint density at radius 1 is 1.30 bits per heavy atom. The number of hydrogen-bond donors (Lipinski definition) is 0. The van der Waals surface area contributed by atoms with Gasteiger partial charge in [-0.2, -0.15) is 0 Å². The van der Waals surface area contributed by atoms with Crippen molar-refractivity contribution in [2.24, 2.45) is 0 Å². The lowest BCUT2D eigenvalue weighted by atomic mass is 10.1. The molecule has 2 heterocycles. The first-order valence-corrected chi connectivity index (χ1v) is 8.73. The molecule has 0 N–H and O–H groups in total. The maximum atomic E-state index is 12.4. The molecule has 23 heavy (non-hydrogen) atoms. The third-order valence-corrected chi connectivity index (χ3v) is 5.99. The van der Waals surface area contributed by atoms with E-state index in [1.54, 1.807) is 17.0 Å². The number of rotatable bonds is 3. The number of carbonyl (C=O) groups excluding carboxylic acids is 2. The van der Waals surface area contributed by atoms with Crippen LogP contribution in [0.15, 0.2) is 29.2 Å². The predicted octanol–water partition coefficient (Wildman–Crippen LogP) is 0.816. The zero-order valence-electron chi connectivity index (χ0n) is 13.0. The lowest BCUT2D eigenvalue weighted by molar-refractivity contribution is -0.135. The summed E-state index contributed by atoms with van der Waals surface area (Å²) in [6, 6.07) is 6.07. The van der Waals surface area contributed by atoms with Gasteiger partial charge in [0.2, 0.25) is 5.91 Å². The van der Waals surface area contributed by atoms with Crippen molar-refractivity contribution >= 4 is 21.8 Å². The smallest absolute Gasteiger partial charge is 0.269 e. The normalized spacial score (nSPS) is 21.6. The summed E-state index contributed by atoms with van der Waals surface area (Å²) in [4.78, 5) is 26.2. The average Bonchev–Trinajstić information content (AvgIpc) is 2.94. The highest BCUT2D eigenvalue weighted by Gasteiger charge is 2.42. The summed E-state index contributed by atoms with van der Waals surface area (Å²) in [5, 5.41) is 0. The number of carbonyl (C=O) groups is 2. The highest BCUT2D eigenvalue weighted by molar-refractivity contribution is 7.90. The molecule has 2 amide bonds. The molecule has 1 aromatic carbocycles. The standard InChI is InChI=1S/C15H18N2O5S/c1-15(2)9-22-10-16(15)13(18)7-8-17-14(19)11-5-3-4-6-12(11)23(17,20)21/h3-6H,7-10H2,1-2H3. The third-order valence-electron chi connectivity index (χ3n) is 4.15. The SMILES string of the molecule is CC1(C)COCN1C(=O)CCN1C(=O)c2ccccc2S1(=O)=O. The van der Waals surface area contributed by atoms with Gasteiger partial charge < -0.3 is 9.64 Å². The fourth-order valence-corrected chi connectivity index (χ4v) is 4.40. The largest absolute Gasteiger partial charge is 0.359 e. The first-order valence-electron chi connectivity index (χ1n) is 7.29. The van der Waals surface area contributed by atoms with E-state index >= 15 is 0 Å². The Morgan fingerprint density at radius 3 is 2.61 bits per heavy atom. The quantitative estimate of drug-likeness (QED) is 0.814. The highest BCUT2D eigenvalue weighted by atomic mass is 32.2. The number of fused-ring (bicyclic) bond motifs is 1. The minimum absolute atomic E-state index is 0.00212. The van der Waals surface area contributed by atoms with Gasteiger partial charge in [0.15, 0.2) is 0 Å². The number of nitrogens with zero attached hydrogens (tertiary/aromatic N) is 2. The van der Waals surface area contributed by atoms with Crippen molar-refractivity contribution in [2.75, 3.05) is 19.9 Å². The van der Waals surface area contributed by atoms with Crippen molar-refractivity contribution in [1.29, 1.82) is 0 Å². The zero-order chi connectivity index (χ0) is 16.8. The van der Waals surface area contributed by atoms with Gasteiger partial charge in [-0.25, -0.2) is 12.7 Å². The summed E-state index contributed by atoms with van der Waals surface area (Å²) in [5.41, 5.74) is -0.265. The molecule has 7 nitrogen and oxygen atoms in total. The highest BCUT2D eigenvalue weighted by Crippen LogP contribution is 2.30. The number of benzene rings is 1. The molecule has 0 spiro atoms. The molecule has 1 saturated heterocycles. The van der Waals surface area contributed by atoms with Crippen molar-refractivity contribution in [3.05, 3.63) is 29.8 Å². The summed E-state index contributed by atoms with van der Waals surface area (Å²) in [7, 11) is -3.86. The van der Waals surface area contributed by atoms with Crippen LogP contribution in [0.4, 0.5) is 0 Å². The first-order chi connectivity index (χ1) is 10.7. The number of hydrogen-bond acceptors (Lipinski definition) is 5. The van der Waals surface area contributed by atoms with Crippen LogP contribution in [-0.4, -0.2) is 54.9 Å². The molecular weight excluding hydrogens is 320 g/mol. The van der Waals surface area contributed by atoms with Crippen LogP contribution in [-0.2, 0) is 19.6 Å². The van der Waals surface area contributed by atoms with Gasteiger partial charge in [-0.15, -0.1) is 0 Å². The number of sulfonamides is 1. The lowest BCUT2D eigenvalue weighted by Gasteiger charge is -2.29. The molecule has 3 rings (SSSR count). The summed E-state index contributed by atoms with van der Waals surface area (Å²) in [5.74, 6) is -0.809. The molecule has 0 unspecified atom stereocenters. The Morgan fingerprint density at radius 2 is 2.00 bits per heavy atom. The summed E-state index contributed by atoms with van der Waals surface area (Å²) >= 11 is 0. The topological polar surface area (TPSA) is 84.0 Å². The second-order valence-corrected chi connectivity index (χ2v) is 8.07. The van der Waals surface area contributed by atoms with Gasteiger partial charge in [-0.05, 0) is 26.0 Å². The van der Waals surface area contributed by atoms with E-state index in [0.717, 1.165) is 4.31 Å². The van der Waals surface area contributed by atoms with E-state index in [9.17, 15) is 18.0 Å². The van der Waals surface area contributed by atoms with Crippen molar-refractivity contribution in [3.63, 3.8) is 0 Å². The zero-order valence-corrected chi connectivity index (χ0v) is 13.8. The van der Waals surface area contributed by atoms with E-state index in [2.05, 4.69) is 0 Å². The fourth-order valence-electron chi connectivity index (χ4n) is 2.83. The van der Waals surface area contributed by atoms with Gasteiger partial charge in [0, 0.05) is 13.0 Å².